The summed E-state index contributed by atoms with van der Waals surface area (Å²) in [6.07, 6.45) is 6.12. The molecule has 1 atom stereocenters. The fourth-order valence-corrected chi connectivity index (χ4v) is 2.62. The Labute approximate surface area is 116 Å². The molecule has 0 aromatic heterocycles. The molecule has 0 bridgehead atoms. The first kappa shape index (κ1) is 16.0. The van der Waals surface area contributed by atoms with Crippen molar-refractivity contribution < 1.29 is 14.7 Å². The van der Waals surface area contributed by atoms with Crippen LogP contribution in [0.4, 0.5) is 0 Å². The zero-order valence-electron chi connectivity index (χ0n) is 12.2. The van der Waals surface area contributed by atoms with E-state index in [1.54, 1.807) is 0 Å². The van der Waals surface area contributed by atoms with Crippen LogP contribution in [0.5, 0.6) is 0 Å². The average Bonchev–Trinajstić information content (AvgIpc) is 2.37. The molecule has 2 N–H and O–H groups in total. The van der Waals surface area contributed by atoms with E-state index in [9.17, 15) is 9.59 Å². The van der Waals surface area contributed by atoms with Crippen LogP contribution in [-0.2, 0) is 9.59 Å². The number of hydrogen-bond donors (Lipinski definition) is 2. The van der Waals surface area contributed by atoms with E-state index in [0.717, 1.165) is 38.0 Å². The number of amides is 1. The summed E-state index contributed by atoms with van der Waals surface area (Å²) in [5.41, 5.74) is 0. The Bertz CT molecular complexity index is 296. The summed E-state index contributed by atoms with van der Waals surface area (Å²) in [7, 11) is 0. The molecule has 1 amide bonds. The van der Waals surface area contributed by atoms with Gasteiger partial charge >= 0.3 is 5.97 Å². The Hall–Kier alpha value is -1.06. The van der Waals surface area contributed by atoms with Crippen molar-refractivity contribution in [3.8, 4) is 0 Å². The zero-order chi connectivity index (χ0) is 14.3. The maximum atomic E-state index is 11.9. The third-order valence-electron chi connectivity index (χ3n) is 4.17. The number of hydrogen-bond acceptors (Lipinski definition) is 2. The minimum Gasteiger partial charge on any atom is -0.481 e. The Morgan fingerprint density at radius 3 is 2.42 bits per heavy atom. The summed E-state index contributed by atoms with van der Waals surface area (Å²) >= 11 is 0. The van der Waals surface area contributed by atoms with E-state index in [-0.39, 0.29) is 18.2 Å². The quantitative estimate of drug-likeness (QED) is 0.747. The first-order chi connectivity index (χ1) is 8.99. The summed E-state index contributed by atoms with van der Waals surface area (Å²) in [6, 6.07) is 0. The third-order valence-corrected chi connectivity index (χ3v) is 4.17. The summed E-state index contributed by atoms with van der Waals surface area (Å²) < 4.78 is 0. The fraction of sp³-hybridized carbons (Fsp3) is 0.867. The van der Waals surface area contributed by atoms with Crippen molar-refractivity contribution in [2.75, 3.05) is 6.54 Å². The maximum absolute atomic E-state index is 11.9. The largest absolute Gasteiger partial charge is 0.481 e. The highest BCUT2D eigenvalue weighted by Crippen LogP contribution is 2.28. The number of carbonyl (C=O) groups excluding carboxylic acids is 1. The van der Waals surface area contributed by atoms with E-state index >= 15 is 0 Å². The molecule has 4 nitrogen and oxygen atoms in total. The number of nitrogens with one attached hydrogen (secondary N) is 1. The first-order valence-corrected chi connectivity index (χ1v) is 7.48. The Kier molecular flexibility index (Phi) is 6.89. The second-order valence-electron chi connectivity index (χ2n) is 6.07. The molecule has 4 heteroatoms. The highest BCUT2D eigenvalue weighted by Gasteiger charge is 2.23. The zero-order valence-corrected chi connectivity index (χ0v) is 12.2. The number of carbonyl (C=O) groups is 2. The molecule has 1 rings (SSSR count). The topological polar surface area (TPSA) is 66.4 Å². The van der Waals surface area contributed by atoms with Crippen LogP contribution in [0, 0.1) is 17.8 Å². The van der Waals surface area contributed by atoms with E-state index in [1.165, 1.54) is 0 Å². The lowest BCUT2D eigenvalue weighted by molar-refractivity contribution is -0.137. The van der Waals surface area contributed by atoms with Crippen molar-refractivity contribution in [1.82, 2.24) is 5.32 Å². The second kappa shape index (κ2) is 8.18. The van der Waals surface area contributed by atoms with E-state index in [4.69, 9.17) is 5.11 Å². The average molecular weight is 269 g/mol. The molecule has 0 aromatic rings. The standard InChI is InChI=1S/C15H27NO3/c1-11-3-6-13(7-4-11)15(19)16-10-9-12(2)5-8-14(17)18/h11-13H,3-10H2,1-2H3,(H,16,19)(H,17,18). The Morgan fingerprint density at radius 2 is 1.84 bits per heavy atom. The van der Waals surface area contributed by atoms with Crippen LogP contribution >= 0.6 is 0 Å². The predicted octanol–water partition coefficient (Wildman–Crippen LogP) is 2.82. The molecule has 19 heavy (non-hydrogen) atoms. The van der Waals surface area contributed by atoms with Gasteiger partial charge in [0.15, 0.2) is 0 Å². The van der Waals surface area contributed by atoms with Gasteiger partial charge in [-0.1, -0.05) is 13.8 Å². The van der Waals surface area contributed by atoms with Crippen LogP contribution in [0.3, 0.4) is 0 Å². The minimum atomic E-state index is -0.743. The van der Waals surface area contributed by atoms with E-state index in [1.807, 2.05) is 6.92 Å². The van der Waals surface area contributed by atoms with Crippen molar-refractivity contribution in [3.63, 3.8) is 0 Å². The van der Waals surface area contributed by atoms with Gasteiger partial charge in [0.25, 0.3) is 0 Å². The molecule has 0 radical (unpaired) electrons. The summed E-state index contributed by atoms with van der Waals surface area (Å²) in [4.78, 5) is 22.4. The van der Waals surface area contributed by atoms with Gasteiger partial charge < -0.3 is 10.4 Å². The van der Waals surface area contributed by atoms with Crippen molar-refractivity contribution in [3.05, 3.63) is 0 Å². The van der Waals surface area contributed by atoms with Gasteiger partial charge in [-0.25, -0.2) is 0 Å². The molecular weight excluding hydrogens is 242 g/mol. The van der Waals surface area contributed by atoms with Crippen LogP contribution in [0.1, 0.15) is 58.8 Å². The van der Waals surface area contributed by atoms with Crippen LogP contribution in [-0.4, -0.2) is 23.5 Å². The third kappa shape index (κ3) is 6.60. The van der Waals surface area contributed by atoms with Crippen LogP contribution in [0.2, 0.25) is 0 Å². The van der Waals surface area contributed by atoms with Gasteiger partial charge in [-0.05, 0) is 50.4 Å². The SMILES string of the molecule is CC(CCNC(=O)C1CCC(C)CC1)CCC(=O)O. The highest BCUT2D eigenvalue weighted by molar-refractivity contribution is 5.78. The Balaban J connectivity index is 2.11. The van der Waals surface area contributed by atoms with Gasteiger partial charge in [0, 0.05) is 18.9 Å². The molecule has 0 aromatic carbocycles. The number of aliphatic carboxylic acids is 1. The van der Waals surface area contributed by atoms with E-state index in [0.29, 0.717) is 18.9 Å². The van der Waals surface area contributed by atoms with Gasteiger partial charge in [-0.15, -0.1) is 0 Å². The highest BCUT2D eigenvalue weighted by atomic mass is 16.4. The van der Waals surface area contributed by atoms with Crippen LogP contribution in [0.15, 0.2) is 0 Å². The van der Waals surface area contributed by atoms with Crippen molar-refractivity contribution in [2.45, 2.75) is 58.8 Å². The van der Waals surface area contributed by atoms with Gasteiger partial charge in [-0.2, -0.15) is 0 Å². The monoisotopic (exact) mass is 269 g/mol. The van der Waals surface area contributed by atoms with Crippen molar-refractivity contribution >= 4 is 11.9 Å². The van der Waals surface area contributed by atoms with Gasteiger partial charge in [-0.3, -0.25) is 9.59 Å². The molecule has 1 fully saturated rings. The maximum Gasteiger partial charge on any atom is 0.303 e. The molecule has 1 aliphatic rings. The lowest BCUT2D eigenvalue weighted by Crippen LogP contribution is -2.34. The molecule has 1 unspecified atom stereocenters. The molecule has 0 aliphatic heterocycles. The summed E-state index contributed by atoms with van der Waals surface area (Å²) in [5, 5.41) is 11.6. The normalized spacial score (nSPS) is 24.7. The number of rotatable bonds is 7. The Morgan fingerprint density at radius 1 is 1.21 bits per heavy atom. The molecule has 1 saturated carbocycles. The number of carboxylic acid groups (broad SMARTS) is 1. The summed E-state index contributed by atoms with van der Waals surface area (Å²) in [6.45, 7) is 4.96. The van der Waals surface area contributed by atoms with Crippen molar-refractivity contribution in [2.24, 2.45) is 17.8 Å². The lowest BCUT2D eigenvalue weighted by atomic mass is 9.82. The number of carboxylic acids is 1. The smallest absolute Gasteiger partial charge is 0.303 e. The second-order valence-corrected chi connectivity index (χ2v) is 6.07. The lowest BCUT2D eigenvalue weighted by Gasteiger charge is -2.25. The predicted molar refractivity (Wildman–Crippen MR) is 74.8 cm³/mol. The minimum absolute atomic E-state index is 0.192. The van der Waals surface area contributed by atoms with E-state index < -0.39 is 5.97 Å². The molecule has 0 heterocycles. The van der Waals surface area contributed by atoms with Crippen LogP contribution < -0.4 is 5.32 Å². The first-order valence-electron chi connectivity index (χ1n) is 7.48. The molecule has 1 aliphatic carbocycles. The van der Waals surface area contributed by atoms with Gasteiger partial charge in [0.05, 0.1) is 0 Å². The molecule has 0 spiro atoms. The fourth-order valence-electron chi connectivity index (χ4n) is 2.62. The van der Waals surface area contributed by atoms with Crippen LogP contribution in [0.25, 0.3) is 0 Å². The summed E-state index contributed by atoms with van der Waals surface area (Å²) in [5.74, 6) is 0.762. The van der Waals surface area contributed by atoms with Gasteiger partial charge in [0.1, 0.15) is 0 Å². The van der Waals surface area contributed by atoms with Crippen molar-refractivity contribution in [1.29, 1.82) is 0 Å². The molecular formula is C15H27NO3. The van der Waals surface area contributed by atoms with Gasteiger partial charge in [0.2, 0.25) is 5.91 Å². The van der Waals surface area contributed by atoms with E-state index in [2.05, 4.69) is 12.2 Å². The molecule has 0 saturated heterocycles. The molecule has 110 valence electrons.